The van der Waals surface area contributed by atoms with Crippen LogP contribution in [-0.2, 0) is 9.53 Å². The van der Waals surface area contributed by atoms with Crippen molar-refractivity contribution >= 4 is 5.97 Å². The van der Waals surface area contributed by atoms with Crippen molar-refractivity contribution in [1.29, 1.82) is 0 Å². The standard InChI is InChI=1S/C9H19N3O3/c1-9(2,3)15-8(13)7(10)5-6-12(14)11-4/h7H,5-6,10H2,1-4H3/t7-/m0/s1. The lowest BCUT2D eigenvalue weighted by Gasteiger charge is -2.21. The average molecular weight is 217 g/mol. The number of ether oxygens (including phenoxy) is 1. The summed E-state index contributed by atoms with van der Waals surface area (Å²) in [5.41, 5.74) is 4.99. The Morgan fingerprint density at radius 2 is 2.13 bits per heavy atom. The molecule has 0 rings (SSSR count). The highest BCUT2D eigenvalue weighted by Crippen LogP contribution is 2.08. The number of nitrogens with zero attached hydrogens (tertiary/aromatic N) is 2. The number of azo groups is 1. The second-order valence-corrected chi connectivity index (χ2v) is 4.20. The molecule has 0 spiro atoms. The van der Waals surface area contributed by atoms with Crippen LogP contribution in [0.1, 0.15) is 27.2 Å². The zero-order chi connectivity index (χ0) is 12.1. The number of nitrogens with two attached hydrogens (primary N) is 1. The maximum atomic E-state index is 11.4. The zero-order valence-corrected chi connectivity index (χ0v) is 9.69. The molecule has 0 aromatic rings. The molecule has 0 unspecified atom stereocenters. The van der Waals surface area contributed by atoms with Gasteiger partial charge in [-0.3, -0.25) is 4.79 Å². The normalized spacial score (nSPS) is 14.9. The number of carbonyl (C=O) groups excluding carboxylic acids is 1. The third kappa shape index (κ3) is 6.84. The second-order valence-electron chi connectivity index (χ2n) is 4.20. The van der Waals surface area contributed by atoms with Crippen molar-refractivity contribution in [2.75, 3.05) is 13.6 Å². The van der Waals surface area contributed by atoms with Crippen molar-refractivity contribution in [1.82, 2.24) is 0 Å². The van der Waals surface area contributed by atoms with E-state index in [2.05, 4.69) is 5.11 Å². The van der Waals surface area contributed by atoms with Crippen LogP contribution in [0.4, 0.5) is 0 Å². The summed E-state index contributed by atoms with van der Waals surface area (Å²) in [7, 11) is 1.38. The van der Waals surface area contributed by atoms with Gasteiger partial charge in [0, 0.05) is 6.42 Å². The summed E-state index contributed by atoms with van der Waals surface area (Å²) in [6, 6.07) is -0.776. The number of rotatable bonds is 4. The summed E-state index contributed by atoms with van der Waals surface area (Å²) in [5.74, 6) is -0.494. The molecule has 0 radical (unpaired) electrons. The maximum absolute atomic E-state index is 11.4. The molecule has 1 atom stereocenters. The Morgan fingerprint density at radius 3 is 2.53 bits per heavy atom. The first-order valence-electron chi connectivity index (χ1n) is 4.79. The molecule has 0 aliphatic rings. The first-order chi connectivity index (χ1) is 6.76. The van der Waals surface area contributed by atoms with E-state index in [-0.39, 0.29) is 13.0 Å². The van der Waals surface area contributed by atoms with Crippen molar-refractivity contribution in [2.45, 2.75) is 38.8 Å². The molecular formula is C9H19N3O3. The Hall–Kier alpha value is -1.17. The molecule has 88 valence electrons. The fraction of sp³-hybridized carbons (Fsp3) is 0.889. The fourth-order valence-corrected chi connectivity index (χ4v) is 0.845. The van der Waals surface area contributed by atoms with Gasteiger partial charge in [0.15, 0.2) is 6.54 Å². The third-order valence-electron chi connectivity index (χ3n) is 1.56. The molecule has 0 aromatic heterocycles. The van der Waals surface area contributed by atoms with Gasteiger partial charge in [-0.15, -0.1) is 0 Å². The van der Waals surface area contributed by atoms with E-state index in [0.29, 0.717) is 4.86 Å². The third-order valence-corrected chi connectivity index (χ3v) is 1.56. The predicted octanol–water partition coefficient (Wildman–Crippen LogP) is 0.638. The summed E-state index contributed by atoms with van der Waals surface area (Å²) in [4.78, 5) is 11.9. The topological polar surface area (TPSA) is 90.8 Å². The molecule has 0 aromatic carbocycles. The lowest BCUT2D eigenvalue weighted by atomic mass is 10.1. The Balaban J connectivity index is 4.01. The molecule has 2 N–H and O–H groups in total. The minimum absolute atomic E-state index is 0.0942. The van der Waals surface area contributed by atoms with E-state index in [4.69, 9.17) is 10.5 Å². The minimum atomic E-state index is -0.776. The van der Waals surface area contributed by atoms with Crippen LogP contribution in [-0.4, -0.2) is 36.1 Å². The summed E-state index contributed by atoms with van der Waals surface area (Å²) in [5, 5.41) is 14.1. The van der Waals surface area contributed by atoms with Gasteiger partial charge in [0.05, 0.1) is 7.05 Å². The number of hydroxylamine groups is 1. The first-order valence-corrected chi connectivity index (χ1v) is 4.79. The molecule has 0 bridgehead atoms. The van der Waals surface area contributed by atoms with Gasteiger partial charge in [-0.1, -0.05) is 4.86 Å². The SMILES string of the molecule is CN=[N+]([O-])CC[C@H](N)C(=O)OC(C)(C)C. The Bertz CT molecular complexity index is 245. The lowest BCUT2D eigenvalue weighted by molar-refractivity contribution is -0.528. The highest BCUT2D eigenvalue weighted by atomic mass is 16.6. The molecule has 0 aliphatic heterocycles. The van der Waals surface area contributed by atoms with E-state index in [1.807, 2.05) is 0 Å². The van der Waals surface area contributed by atoms with Gasteiger partial charge in [-0.25, -0.2) is 0 Å². The molecule has 15 heavy (non-hydrogen) atoms. The first kappa shape index (κ1) is 13.8. The van der Waals surface area contributed by atoms with E-state index >= 15 is 0 Å². The number of hydrogen-bond donors (Lipinski definition) is 1. The van der Waals surface area contributed by atoms with Crippen LogP contribution in [0.3, 0.4) is 0 Å². The minimum Gasteiger partial charge on any atom is -0.600 e. The molecule has 6 nitrogen and oxygen atoms in total. The molecule has 0 aliphatic carbocycles. The van der Waals surface area contributed by atoms with Gasteiger partial charge in [0.25, 0.3) is 0 Å². The Labute approximate surface area is 89.7 Å². The van der Waals surface area contributed by atoms with Crippen molar-refractivity contribution in [2.24, 2.45) is 10.8 Å². The fourth-order valence-electron chi connectivity index (χ4n) is 0.845. The summed E-state index contributed by atoms with van der Waals surface area (Å²) >= 11 is 0. The van der Waals surface area contributed by atoms with Gasteiger partial charge in [0.1, 0.15) is 11.6 Å². The predicted molar refractivity (Wildman–Crippen MR) is 55.3 cm³/mol. The van der Waals surface area contributed by atoms with Crippen LogP contribution < -0.4 is 5.73 Å². The number of carbonyl (C=O) groups is 1. The van der Waals surface area contributed by atoms with Crippen LogP contribution in [0.2, 0.25) is 0 Å². The van der Waals surface area contributed by atoms with Crippen molar-refractivity contribution in [3.8, 4) is 0 Å². The van der Waals surface area contributed by atoms with Crippen LogP contribution in [0.15, 0.2) is 5.11 Å². The monoisotopic (exact) mass is 217 g/mol. The molecule has 0 heterocycles. The van der Waals surface area contributed by atoms with Gasteiger partial charge in [-0.05, 0) is 25.9 Å². The molecule has 6 heteroatoms. The smallest absolute Gasteiger partial charge is 0.323 e. The highest BCUT2D eigenvalue weighted by Gasteiger charge is 2.22. The number of hydrogen-bond acceptors (Lipinski definition) is 5. The van der Waals surface area contributed by atoms with Gasteiger partial charge >= 0.3 is 5.97 Å². The zero-order valence-electron chi connectivity index (χ0n) is 9.69. The van der Waals surface area contributed by atoms with Crippen molar-refractivity contribution < 1.29 is 14.4 Å². The largest absolute Gasteiger partial charge is 0.600 e. The van der Waals surface area contributed by atoms with Crippen LogP contribution >= 0.6 is 0 Å². The lowest BCUT2D eigenvalue weighted by Crippen LogP contribution is -2.38. The van der Waals surface area contributed by atoms with Gasteiger partial charge in [-0.2, -0.15) is 0 Å². The van der Waals surface area contributed by atoms with E-state index in [1.54, 1.807) is 20.8 Å². The average Bonchev–Trinajstić information content (AvgIpc) is 2.10. The summed E-state index contributed by atoms with van der Waals surface area (Å²) < 4.78 is 5.05. The van der Waals surface area contributed by atoms with E-state index in [9.17, 15) is 10.0 Å². The van der Waals surface area contributed by atoms with Crippen LogP contribution in [0, 0.1) is 5.21 Å². The highest BCUT2D eigenvalue weighted by molar-refractivity contribution is 5.75. The Morgan fingerprint density at radius 1 is 1.60 bits per heavy atom. The second kappa shape index (κ2) is 5.65. The van der Waals surface area contributed by atoms with E-state index in [0.717, 1.165) is 0 Å². The van der Waals surface area contributed by atoms with Crippen LogP contribution in [0.25, 0.3) is 0 Å². The molecular weight excluding hydrogens is 198 g/mol. The summed E-state index contributed by atoms with van der Waals surface area (Å²) in [6.07, 6.45) is 0.232. The van der Waals surface area contributed by atoms with Crippen molar-refractivity contribution in [3.63, 3.8) is 0 Å². The molecule has 0 saturated carbocycles. The molecule has 0 amide bonds. The van der Waals surface area contributed by atoms with E-state index < -0.39 is 17.6 Å². The maximum Gasteiger partial charge on any atom is 0.323 e. The van der Waals surface area contributed by atoms with Crippen LogP contribution in [0.5, 0.6) is 0 Å². The van der Waals surface area contributed by atoms with Gasteiger partial charge < -0.3 is 15.7 Å². The van der Waals surface area contributed by atoms with Crippen molar-refractivity contribution in [3.05, 3.63) is 5.21 Å². The molecule has 0 fully saturated rings. The molecule has 0 saturated heterocycles. The quantitative estimate of drug-likeness (QED) is 0.324. The van der Waals surface area contributed by atoms with E-state index in [1.165, 1.54) is 7.05 Å². The van der Waals surface area contributed by atoms with Gasteiger partial charge in [0.2, 0.25) is 0 Å². The Kier molecular flexibility index (Phi) is 5.21. The number of esters is 1. The summed E-state index contributed by atoms with van der Waals surface area (Å²) in [6.45, 7) is 5.38.